The number of fused-ring (bicyclic) bond motifs is 1. The molecule has 0 saturated carbocycles. The maximum atomic E-state index is 12.7. The summed E-state index contributed by atoms with van der Waals surface area (Å²) >= 11 is 3.34. The first-order chi connectivity index (χ1) is 11.4. The summed E-state index contributed by atoms with van der Waals surface area (Å²) in [7, 11) is 3.06. The van der Waals surface area contributed by atoms with Crippen LogP contribution in [-0.2, 0) is 10.4 Å². The van der Waals surface area contributed by atoms with Gasteiger partial charge in [-0.1, -0.05) is 28.1 Å². The minimum atomic E-state index is -1.88. The molecule has 1 aliphatic heterocycles. The van der Waals surface area contributed by atoms with Crippen molar-refractivity contribution in [1.82, 2.24) is 0 Å². The molecule has 24 heavy (non-hydrogen) atoms. The molecule has 0 aliphatic carbocycles. The quantitative estimate of drug-likeness (QED) is 0.816. The van der Waals surface area contributed by atoms with E-state index in [1.807, 2.05) is 0 Å². The number of hydrogen-bond donors (Lipinski definition) is 1. The van der Waals surface area contributed by atoms with Gasteiger partial charge in [0.15, 0.2) is 11.4 Å². The number of nitrogens with zero attached hydrogens (tertiary/aromatic N) is 1. The molecule has 0 bridgehead atoms. The Kier molecular flexibility index (Phi) is 4.19. The molecule has 0 spiro atoms. The van der Waals surface area contributed by atoms with E-state index in [4.69, 9.17) is 4.74 Å². The molecule has 0 aromatic heterocycles. The molecule has 0 radical (unpaired) electrons. The highest BCUT2D eigenvalue weighted by Crippen LogP contribution is 2.43. The highest BCUT2D eigenvalue weighted by molar-refractivity contribution is 9.10. The lowest BCUT2D eigenvalue weighted by atomic mass is 9.88. The lowest BCUT2D eigenvalue weighted by Crippen LogP contribution is -2.40. The van der Waals surface area contributed by atoms with Crippen molar-refractivity contribution in [2.45, 2.75) is 12.0 Å². The van der Waals surface area contributed by atoms with E-state index in [1.54, 1.807) is 49.5 Å². The van der Waals surface area contributed by atoms with Crippen molar-refractivity contribution in [1.29, 1.82) is 0 Å². The standard InChI is InChI=1S/C18H16BrNO4/c1-20-14-8-7-11(19)9-13(14)18(23,17(20)22)10-15(21)12-5-3-4-6-16(12)24-2/h3-9,23H,10H2,1-2H3/t18-/m0/s1. The zero-order valence-corrected chi connectivity index (χ0v) is 14.8. The molecule has 2 aromatic rings. The molecule has 5 nitrogen and oxygen atoms in total. The number of ketones is 1. The predicted octanol–water partition coefficient (Wildman–Crippen LogP) is 2.89. The molecule has 2 aromatic carbocycles. The van der Waals surface area contributed by atoms with Gasteiger partial charge in [-0.2, -0.15) is 0 Å². The fourth-order valence-electron chi connectivity index (χ4n) is 3.01. The van der Waals surface area contributed by atoms with Gasteiger partial charge in [-0.05, 0) is 30.3 Å². The normalized spacial score (nSPS) is 19.3. The van der Waals surface area contributed by atoms with E-state index in [0.717, 1.165) is 4.47 Å². The summed E-state index contributed by atoms with van der Waals surface area (Å²) in [5.74, 6) is -0.456. The van der Waals surface area contributed by atoms with Crippen molar-refractivity contribution in [3.8, 4) is 5.75 Å². The first-order valence-electron chi connectivity index (χ1n) is 7.35. The molecule has 1 N–H and O–H groups in total. The van der Waals surface area contributed by atoms with Gasteiger partial charge in [0.05, 0.1) is 24.8 Å². The van der Waals surface area contributed by atoms with Gasteiger partial charge in [-0.3, -0.25) is 9.59 Å². The van der Waals surface area contributed by atoms with Crippen molar-refractivity contribution in [2.75, 3.05) is 19.1 Å². The number of aliphatic hydroxyl groups is 1. The number of carbonyl (C=O) groups excluding carboxylic acids is 2. The van der Waals surface area contributed by atoms with E-state index in [-0.39, 0.29) is 12.2 Å². The Labute approximate surface area is 148 Å². The number of amides is 1. The second-order valence-corrected chi connectivity index (χ2v) is 6.60. The number of rotatable bonds is 4. The first-order valence-corrected chi connectivity index (χ1v) is 8.14. The lowest BCUT2D eigenvalue weighted by molar-refractivity contribution is -0.135. The predicted molar refractivity (Wildman–Crippen MR) is 93.4 cm³/mol. The maximum Gasteiger partial charge on any atom is 0.263 e. The number of Topliss-reactive ketones (excluding diaryl/α,β-unsaturated/α-hetero) is 1. The van der Waals surface area contributed by atoms with Crippen LogP contribution in [-0.4, -0.2) is 31.0 Å². The van der Waals surface area contributed by atoms with Crippen molar-refractivity contribution in [3.05, 3.63) is 58.1 Å². The van der Waals surface area contributed by atoms with Crippen LogP contribution in [0.5, 0.6) is 5.75 Å². The molecule has 124 valence electrons. The second-order valence-electron chi connectivity index (χ2n) is 5.69. The van der Waals surface area contributed by atoms with Crippen LogP contribution < -0.4 is 9.64 Å². The summed E-state index contributed by atoms with van der Waals surface area (Å²) in [6, 6.07) is 12.0. The van der Waals surface area contributed by atoms with Crippen molar-refractivity contribution in [2.24, 2.45) is 0 Å². The van der Waals surface area contributed by atoms with Crippen molar-refractivity contribution >= 4 is 33.3 Å². The van der Waals surface area contributed by atoms with Gasteiger partial charge in [0.1, 0.15) is 5.75 Å². The highest BCUT2D eigenvalue weighted by Gasteiger charge is 2.50. The monoisotopic (exact) mass is 389 g/mol. The molecule has 1 amide bonds. The molecular formula is C18H16BrNO4. The minimum absolute atomic E-state index is 0.340. The number of halogens is 1. The van der Waals surface area contributed by atoms with Crippen molar-refractivity contribution in [3.63, 3.8) is 0 Å². The summed E-state index contributed by atoms with van der Waals surface area (Å²) in [6.07, 6.45) is -0.347. The van der Waals surface area contributed by atoms with E-state index in [1.165, 1.54) is 12.0 Å². The van der Waals surface area contributed by atoms with Gasteiger partial charge < -0.3 is 14.7 Å². The zero-order chi connectivity index (χ0) is 17.5. The van der Waals surface area contributed by atoms with Crippen LogP contribution in [0, 0.1) is 0 Å². The third kappa shape index (κ3) is 2.52. The van der Waals surface area contributed by atoms with E-state index >= 15 is 0 Å². The van der Waals surface area contributed by atoms with Crippen LogP contribution in [0.25, 0.3) is 0 Å². The van der Waals surface area contributed by atoms with Gasteiger partial charge in [0, 0.05) is 17.1 Å². The molecule has 0 saturated heterocycles. The van der Waals surface area contributed by atoms with Gasteiger partial charge in [0.2, 0.25) is 0 Å². The molecule has 0 fully saturated rings. The van der Waals surface area contributed by atoms with Crippen LogP contribution >= 0.6 is 15.9 Å². The number of likely N-dealkylation sites (N-methyl/N-ethyl adjacent to an activating group) is 1. The van der Waals surface area contributed by atoms with Gasteiger partial charge >= 0.3 is 0 Å². The Morgan fingerprint density at radius 3 is 2.71 bits per heavy atom. The van der Waals surface area contributed by atoms with E-state index < -0.39 is 11.5 Å². The molecule has 1 heterocycles. The fourth-order valence-corrected chi connectivity index (χ4v) is 3.37. The summed E-state index contributed by atoms with van der Waals surface area (Å²) in [5, 5.41) is 11.0. The second kappa shape index (κ2) is 6.03. The fraction of sp³-hybridized carbons (Fsp3) is 0.222. The minimum Gasteiger partial charge on any atom is -0.496 e. The number of carbonyl (C=O) groups is 2. The van der Waals surface area contributed by atoms with Crippen LogP contribution in [0.2, 0.25) is 0 Å². The molecule has 6 heteroatoms. The number of benzene rings is 2. The summed E-state index contributed by atoms with van der Waals surface area (Å²) in [5.41, 5.74) is -0.523. The van der Waals surface area contributed by atoms with Gasteiger partial charge in [0.25, 0.3) is 5.91 Å². The Morgan fingerprint density at radius 1 is 1.29 bits per heavy atom. The van der Waals surface area contributed by atoms with Crippen LogP contribution in [0.4, 0.5) is 5.69 Å². The molecule has 1 aliphatic rings. The third-order valence-electron chi connectivity index (χ3n) is 4.25. The average molecular weight is 390 g/mol. The average Bonchev–Trinajstić information content (AvgIpc) is 2.76. The number of ether oxygens (including phenoxy) is 1. The molecule has 1 atom stereocenters. The Balaban J connectivity index is 2.02. The van der Waals surface area contributed by atoms with E-state index in [9.17, 15) is 14.7 Å². The first kappa shape index (κ1) is 16.7. The molecular weight excluding hydrogens is 374 g/mol. The Hall–Kier alpha value is -2.18. The largest absolute Gasteiger partial charge is 0.496 e. The maximum absolute atomic E-state index is 12.7. The van der Waals surface area contributed by atoms with Gasteiger partial charge in [-0.25, -0.2) is 0 Å². The summed E-state index contributed by atoms with van der Waals surface area (Å²) in [4.78, 5) is 26.7. The number of para-hydroxylation sites is 1. The van der Waals surface area contributed by atoms with E-state index in [2.05, 4.69) is 15.9 Å². The SMILES string of the molecule is COc1ccccc1C(=O)C[C@@]1(O)C(=O)N(C)c2ccc(Br)cc21. The summed E-state index contributed by atoms with van der Waals surface area (Å²) < 4.78 is 5.92. The molecule has 3 rings (SSSR count). The number of hydrogen-bond acceptors (Lipinski definition) is 4. The third-order valence-corrected chi connectivity index (χ3v) is 4.74. The van der Waals surface area contributed by atoms with Gasteiger partial charge in [-0.15, -0.1) is 0 Å². The van der Waals surface area contributed by atoms with Crippen LogP contribution in [0.15, 0.2) is 46.9 Å². The smallest absolute Gasteiger partial charge is 0.263 e. The zero-order valence-electron chi connectivity index (χ0n) is 13.2. The Bertz CT molecular complexity index is 836. The molecule has 0 unspecified atom stereocenters. The number of methoxy groups -OCH3 is 1. The Morgan fingerprint density at radius 2 is 2.00 bits per heavy atom. The van der Waals surface area contributed by atoms with Crippen LogP contribution in [0.1, 0.15) is 22.3 Å². The van der Waals surface area contributed by atoms with Crippen LogP contribution in [0.3, 0.4) is 0 Å². The highest BCUT2D eigenvalue weighted by atomic mass is 79.9. The summed E-state index contributed by atoms with van der Waals surface area (Å²) in [6.45, 7) is 0. The number of anilines is 1. The lowest BCUT2D eigenvalue weighted by Gasteiger charge is -2.21. The van der Waals surface area contributed by atoms with E-state index in [0.29, 0.717) is 22.6 Å². The topological polar surface area (TPSA) is 66.8 Å². The van der Waals surface area contributed by atoms with Crippen molar-refractivity contribution < 1.29 is 19.4 Å².